The van der Waals surface area contributed by atoms with Gasteiger partial charge in [-0.3, -0.25) is 9.59 Å². The van der Waals surface area contributed by atoms with E-state index in [0.717, 1.165) is 10.6 Å². The number of aromatic hydroxyl groups is 1. The van der Waals surface area contributed by atoms with E-state index in [9.17, 15) is 28.7 Å². The minimum Gasteiger partial charge on any atom is -0.505 e. The number of phenols is 1. The summed E-state index contributed by atoms with van der Waals surface area (Å²) in [4.78, 5) is 53.2. The third-order valence-corrected chi connectivity index (χ3v) is 7.53. The number of para-hydroxylation sites is 2. The number of hydrogen-bond donors (Lipinski definition) is 1. The summed E-state index contributed by atoms with van der Waals surface area (Å²) >= 11 is 3.14. The zero-order chi connectivity index (χ0) is 25.3. The molecule has 0 radical (unpaired) electrons. The Hall–Kier alpha value is -4.05. The van der Waals surface area contributed by atoms with Crippen LogP contribution in [0.2, 0.25) is 0 Å². The van der Waals surface area contributed by atoms with E-state index in [-0.39, 0.29) is 34.2 Å². The number of fused-ring (bicyclic) bond motifs is 3. The molecule has 2 heterocycles. The van der Waals surface area contributed by atoms with Crippen molar-refractivity contribution in [1.82, 2.24) is 13.9 Å². The number of ketones is 2. The van der Waals surface area contributed by atoms with Crippen molar-refractivity contribution >= 4 is 27.5 Å². The second kappa shape index (κ2) is 7.99. The molecule has 0 bridgehead atoms. The van der Waals surface area contributed by atoms with E-state index in [1.807, 2.05) is 0 Å². The molecule has 10 heteroatoms. The number of carbonyl (C=O) groups excluding carboxylic acids is 2. The van der Waals surface area contributed by atoms with Gasteiger partial charge in [0.15, 0.2) is 23.1 Å². The fourth-order valence-corrected chi connectivity index (χ4v) is 5.84. The maximum atomic E-state index is 14.4. The van der Waals surface area contributed by atoms with E-state index in [1.54, 1.807) is 36.4 Å². The van der Waals surface area contributed by atoms with Gasteiger partial charge in [-0.2, -0.15) is 0 Å². The van der Waals surface area contributed by atoms with Crippen LogP contribution in [0, 0.1) is 5.82 Å². The molecule has 3 aromatic rings. The Bertz CT molecular complexity index is 1710. The number of halogens is 2. The van der Waals surface area contributed by atoms with Gasteiger partial charge in [-0.1, -0.05) is 36.4 Å². The van der Waals surface area contributed by atoms with Crippen LogP contribution < -0.4 is 11.4 Å². The van der Waals surface area contributed by atoms with Crippen LogP contribution in [0.25, 0.3) is 5.69 Å². The van der Waals surface area contributed by atoms with E-state index < -0.39 is 46.5 Å². The minimum atomic E-state index is -0.974. The Morgan fingerprint density at radius 1 is 0.972 bits per heavy atom. The average molecular weight is 550 g/mol. The van der Waals surface area contributed by atoms with Crippen LogP contribution in [0.5, 0.6) is 5.75 Å². The van der Waals surface area contributed by atoms with Gasteiger partial charge in [0.05, 0.1) is 22.8 Å². The molecule has 0 fully saturated rings. The summed E-state index contributed by atoms with van der Waals surface area (Å²) in [6.45, 7) is 0.0244. The Morgan fingerprint density at radius 3 is 2.47 bits per heavy atom. The van der Waals surface area contributed by atoms with Crippen molar-refractivity contribution in [3.8, 4) is 11.4 Å². The molecule has 2 atom stereocenters. The van der Waals surface area contributed by atoms with Crippen LogP contribution in [0.4, 0.5) is 4.39 Å². The first-order valence-corrected chi connectivity index (χ1v) is 11.9. The molecule has 2 aromatic carbocycles. The molecule has 0 unspecified atom stereocenters. The van der Waals surface area contributed by atoms with Crippen molar-refractivity contribution in [2.24, 2.45) is 0 Å². The van der Waals surface area contributed by atoms with E-state index in [2.05, 4.69) is 15.9 Å². The molecule has 1 aromatic heterocycles. The van der Waals surface area contributed by atoms with Gasteiger partial charge in [-0.15, -0.1) is 0 Å². The highest BCUT2D eigenvalue weighted by Gasteiger charge is 2.45. The van der Waals surface area contributed by atoms with Crippen molar-refractivity contribution in [3.05, 3.63) is 114 Å². The van der Waals surface area contributed by atoms with Gasteiger partial charge >= 0.3 is 11.4 Å². The minimum absolute atomic E-state index is 0.0145. The van der Waals surface area contributed by atoms with Crippen LogP contribution >= 0.6 is 15.9 Å². The lowest BCUT2D eigenvalue weighted by Gasteiger charge is -2.39. The Kier molecular flexibility index (Phi) is 4.97. The summed E-state index contributed by atoms with van der Waals surface area (Å²) in [7, 11) is 0. The number of rotatable bonds is 2. The highest BCUT2D eigenvalue weighted by Crippen LogP contribution is 2.51. The first-order chi connectivity index (χ1) is 17.3. The van der Waals surface area contributed by atoms with Crippen molar-refractivity contribution in [3.63, 3.8) is 0 Å². The smallest absolute Gasteiger partial charge is 0.352 e. The second-order valence-electron chi connectivity index (χ2n) is 8.78. The zero-order valence-electron chi connectivity index (χ0n) is 18.5. The molecule has 0 spiro atoms. The maximum Gasteiger partial charge on any atom is 0.352 e. The topological polar surface area (TPSA) is 103 Å². The van der Waals surface area contributed by atoms with Crippen molar-refractivity contribution in [2.45, 2.75) is 24.9 Å². The normalized spacial score (nSPS) is 20.9. The van der Waals surface area contributed by atoms with E-state index >= 15 is 0 Å². The van der Waals surface area contributed by atoms with E-state index in [1.165, 1.54) is 27.6 Å². The fraction of sp³-hybridized carbons (Fsp3) is 0.154. The molecule has 0 saturated carbocycles. The number of hydrogen-bond acceptors (Lipinski definition) is 5. The second-order valence-corrected chi connectivity index (χ2v) is 9.63. The molecular formula is C26H17BrFN3O5. The zero-order valence-corrected chi connectivity index (χ0v) is 20.1. The molecule has 3 aliphatic rings. The highest BCUT2D eigenvalue weighted by molar-refractivity contribution is 9.12. The Morgan fingerprint density at radius 2 is 1.72 bits per heavy atom. The molecule has 180 valence electrons. The number of nitrogens with zero attached hydrogens (tertiary/aromatic N) is 3. The van der Waals surface area contributed by atoms with Gasteiger partial charge < -0.3 is 5.11 Å². The van der Waals surface area contributed by atoms with Gasteiger partial charge in [0.2, 0.25) is 0 Å². The SMILES string of the molecule is O=C1C=C(Br)C(=O)C2=C1[C@@H](c1cccc(F)c1O)C1=CCn3c(=O)n(-c4ccccc4)c(=O)n3[C@@H]1C2. The third kappa shape index (κ3) is 3.03. The van der Waals surface area contributed by atoms with Crippen LogP contribution in [0.15, 0.2) is 91.5 Å². The molecule has 1 aliphatic heterocycles. The Labute approximate surface area is 211 Å². The van der Waals surface area contributed by atoms with Crippen LogP contribution in [0.3, 0.4) is 0 Å². The maximum absolute atomic E-state index is 14.4. The molecule has 1 N–H and O–H groups in total. The van der Waals surface area contributed by atoms with Gasteiger partial charge in [0.25, 0.3) is 0 Å². The first-order valence-electron chi connectivity index (χ1n) is 11.2. The van der Waals surface area contributed by atoms with Gasteiger partial charge in [-0.25, -0.2) is 27.9 Å². The number of allylic oxidation sites excluding steroid dienone is 6. The summed E-state index contributed by atoms with van der Waals surface area (Å²) in [5.41, 5.74) is 0.194. The summed E-state index contributed by atoms with van der Waals surface area (Å²) in [5.74, 6) is -3.36. The lowest BCUT2D eigenvalue weighted by molar-refractivity contribution is -0.115. The summed E-state index contributed by atoms with van der Waals surface area (Å²) in [6.07, 6.45) is 2.87. The predicted molar refractivity (Wildman–Crippen MR) is 131 cm³/mol. The monoisotopic (exact) mass is 549 g/mol. The largest absolute Gasteiger partial charge is 0.505 e. The molecule has 6 rings (SSSR count). The van der Waals surface area contributed by atoms with E-state index in [0.29, 0.717) is 11.3 Å². The lowest BCUT2D eigenvalue weighted by atomic mass is 9.68. The predicted octanol–water partition coefficient (Wildman–Crippen LogP) is 3.04. The number of Topliss-reactive ketones (excluding diaryl/α,β-unsaturated/α-hetero) is 1. The fourth-order valence-electron chi connectivity index (χ4n) is 5.40. The molecule has 36 heavy (non-hydrogen) atoms. The first kappa shape index (κ1) is 22.4. The van der Waals surface area contributed by atoms with Crippen molar-refractivity contribution < 1.29 is 19.1 Å². The van der Waals surface area contributed by atoms with E-state index in [4.69, 9.17) is 0 Å². The number of benzene rings is 2. The van der Waals surface area contributed by atoms with Crippen molar-refractivity contribution in [1.29, 1.82) is 0 Å². The summed E-state index contributed by atoms with van der Waals surface area (Å²) in [5, 5.41) is 10.6. The lowest BCUT2D eigenvalue weighted by Crippen LogP contribution is -2.40. The number of aromatic nitrogens is 3. The third-order valence-electron chi connectivity index (χ3n) is 6.94. The summed E-state index contributed by atoms with van der Waals surface area (Å²) < 4.78 is 18.1. The van der Waals surface area contributed by atoms with Crippen LogP contribution in [-0.2, 0) is 16.1 Å². The summed E-state index contributed by atoms with van der Waals surface area (Å²) in [6, 6.07) is 11.7. The average Bonchev–Trinajstić information content (AvgIpc) is 3.13. The quantitative estimate of drug-likeness (QED) is 0.391. The van der Waals surface area contributed by atoms with Gasteiger partial charge in [0, 0.05) is 35.1 Å². The molecule has 2 aliphatic carbocycles. The molecule has 8 nitrogen and oxygen atoms in total. The number of phenolic OH excluding ortho intramolecular Hbond substituents is 1. The Balaban J connectivity index is 1.62. The van der Waals surface area contributed by atoms with Crippen molar-refractivity contribution in [2.75, 3.05) is 0 Å². The highest BCUT2D eigenvalue weighted by atomic mass is 79.9. The van der Waals surface area contributed by atoms with Gasteiger partial charge in [0.1, 0.15) is 0 Å². The molecule has 0 saturated heterocycles. The number of carbonyl (C=O) groups is 2. The van der Waals surface area contributed by atoms with Crippen LogP contribution in [0.1, 0.15) is 23.9 Å². The van der Waals surface area contributed by atoms with Gasteiger partial charge in [-0.05, 0) is 39.7 Å². The standard InChI is InChI=1S/C26H17BrFN3O5/c27-17-12-20(32)22-16(23(17)33)11-19-14(21(22)15-7-4-8-18(28)24(15)34)9-10-29-25(35)30(26(36)31(19)29)13-5-2-1-3-6-13/h1-9,12,19,21,34H,10-11H2/t19-,21-/m1/s1. The molecular weight excluding hydrogens is 533 g/mol. The van der Waals surface area contributed by atoms with Crippen LogP contribution in [-0.4, -0.2) is 30.6 Å². The molecule has 0 amide bonds.